The predicted octanol–water partition coefficient (Wildman–Crippen LogP) is 3.40. The van der Waals surface area contributed by atoms with E-state index in [1.54, 1.807) is 12.5 Å². The molecule has 0 radical (unpaired) electrons. The summed E-state index contributed by atoms with van der Waals surface area (Å²) < 4.78 is 8.10. The number of rotatable bonds is 9. The third-order valence-electron chi connectivity index (χ3n) is 5.73. The minimum atomic E-state index is -0.0709. The van der Waals surface area contributed by atoms with Gasteiger partial charge in [-0.25, -0.2) is 4.98 Å². The van der Waals surface area contributed by atoms with Crippen molar-refractivity contribution in [2.45, 2.75) is 31.9 Å². The maximum absolute atomic E-state index is 12.3. The van der Waals surface area contributed by atoms with E-state index in [0.717, 1.165) is 44.6 Å². The predicted molar refractivity (Wildman–Crippen MR) is 121 cm³/mol. The van der Waals surface area contributed by atoms with Crippen LogP contribution in [-0.2, 0) is 13.0 Å². The number of hydrogen-bond donors (Lipinski definition) is 1. The number of nitrogens with zero attached hydrogens (tertiary/aromatic N) is 3. The summed E-state index contributed by atoms with van der Waals surface area (Å²) in [5, 5.41) is 2.93. The van der Waals surface area contributed by atoms with Crippen LogP contribution < -0.4 is 10.1 Å². The first-order chi connectivity index (χ1) is 15.3. The lowest BCUT2D eigenvalue weighted by Crippen LogP contribution is -2.39. The Labute approximate surface area is 183 Å². The molecule has 1 amide bonds. The molecule has 0 atom stereocenters. The molecule has 1 N–H and O–H groups in total. The molecule has 0 bridgehead atoms. The molecule has 1 saturated heterocycles. The fourth-order valence-corrected chi connectivity index (χ4v) is 3.88. The van der Waals surface area contributed by atoms with E-state index in [1.807, 2.05) is 35.0 Å². The van der Waals surface area contributed by atoms with Crippen molar-refractivity contribution in [3.63, 3.8) is 0 Å². The number of imidazole rings is 1. The van der Waals surface area contributed by atoms with Crippen LogP contribution >= 0.6 is 0 Å². The molecule has 6 nitrogen and oxygen atoms in total. The fraction of sp³-hybridized carbons (Fsp3) is 0.360. The van der Waals surface area contributed by atoms with Crippen molar-refractivity contribution < 1.29 is 9.53 Å². The molecule has 0 saturated carbocycles. The van der Waals surface area contributed by atoms with E-state index < -0.39 is 0 Å². The number of nitrogens with one attached hydrogen (secondary N) is 1. The number of carbonyl (C=O) groups is 1. The van der Waals surface area contributed by atoms with Crippen molar-refractivity contribution in [2.75, 3.05) is 26.2 Å². The Kier molecular flexibility index (Phi) is 7.34. The van der Waals surface area contributed by atoms with Crippen molar-refractivity contribution in [1.29, 1.82) is 0 Å². The minimum Gasteiger partial charge on any atom is -0.490 e. The Bertz CT molecular complexity index is 918. The van der Waals surface area contributed by atoms with Crippen molar-refractivity contribution in [3.8, 4) is 5.75 Å². The summed E-state index contributed by atoms with van der Waals surface area (Å²) in [6, 6.07) is 18.1. The highest BCUT2D eigenvalue weighted by Gasteiger charge is 2.20. The van der Waals surface area contributed by atoms with Gasteiger partial charge in [0.2, 0.25) is 0 Å². The molecule has 2 heterocycles. The summed E-state index contributed by atoms with van der Waals surface area (Å²) in [4.78, 5) is 18.8. The standard InChI is InChI=1S/C25H30N4O2/c30-25(27-14-19-29-18-13-26-20-29)22-6-8-23(9-7-22)31-24-11-16-28(17-12-24)15-10-21-4-2-1-3-5-21/h1-9,13,18,20,24H,10-12,14-17,19H2,(H,27,30). The molecular weight excluding hydrogens is 388 g/mol. The third kappa shape index (κ3) is 6.43. The van der Waals surface area contributed by atoms with Gasteiger partial charge in [-0.15, -0.1) is 0 Å². The molecule has 0 aliphatic carbocycles. The second-order valence-corrected chi connectivity index (χ2v) is 7.98. The molecule has 0 unspecified atom stereocenters. The van der Waals surface area contributed by atoms with Gasteiger partial charge < -0.3 is 19.5 Å². The fourth-order valence-electron chi connectivity index (χ4n) is 3.88. The lowest BCUT2D eigenvalue weighted by molar-refractivity contribution is 0.0951. The van der Waals surface area contributed by atoms with Crippen molar-refractivity contribution in [2.24, 2.45) is 0 Å². The van der Waals surface area contributed by atoms with Gasteiger partial charge in [0.25, 0.3) is 5.91 Å². The zero-order valence-corrected chi connectivity index (χ0v) is 17.8. The Hall–Kier alpha value is -3.12. The van der Waals surface area contributed by atoms with Gasteiger partial charge in [-0.3, -0.25) is 4.79 Å². The molecule has 1 aliphatic heterocycles. The molecule has 0 spiro atoms. The Morgan fingerprint density at radius 1 is 1.03 bits per heavy atom. The monoisotopic (exact) mass is 418 g/mol. The highest BCUT2D eigenvalue weighted by atomic mass is 16.5. The molecule has 4 rings (SSSR count). The third-order valence-corrected chi connectivity index (χ3v) is 5.73. The van der Waals surface area contributed by atoms with Gasteiger partial charge in [0.1, 0.15) is 11.9 Å². The maximum Gasteiger partial charge on any atom is 0.251 e. The van der Waals surface area contributed by atoms with Gasteiger partial charge in [-0.2, -0.15) is 0 Å². The van der Waals surface area contributed by atoms with Gasteiger partial charge >= 0.3 is 0 Å². The van der Waals surface area contributed by atoms with E-state index in [-0.39, 0.29) is 12.0 Å². The van der Waals surface area contributed by atoms with Gasteiger partial charge in [0.05, 0.1) is 6.33 Å². The highest BCUT2D eigenvalue weighted by molar-refractivity contribution is 5.94. The number of carbonyl (C=O) groups excluding carboxylic acids is 1. The van der Waals surface area contributed by atoms with Crippen LogP contribution in [0.4, 0.5) is 0 Å². The Morgan fingerprint density at radius 2 is 1.81 bits per heavy atom. The molecule has 1 aromatic heterocycles. The van der Waals surface area contributed by atoms with E-state index >= 15 is 0 Å². The smallest absolute Gasteiger partial charge is 0.251 e. The number of likely N-dealkylation sites (tertiary alicyclic amines) is 1. The number of aromatic nitrogens is 2. The molecule has 3 aromatic rings. The summed E-state index contributed by atoms with van der Waals surface area (Å²) >= 11 is 0. The van der Waals surface area contributed by atoms with Crippen molar-refractivity contribution in [1.82, 2.24) is 19.8 Å². The van der Waals surface area contributed by atoms with Gasteiger partial charge in [-0.05, 0) is 49.1 Å². The van der Waals surface area contributed by atoms with Gasteiger partial charge in [0, 0.05) is 50.7 Å². The molecule has 1 fully saturated rings. The van der Waals surface area contributed by atoms with Crippen LogP contribution in [0.25, 0.3) is 0 Å². The van der Waals surface area contributed by atoms with Gasteiger partial charge in [0.15, 0.2) is 0 Å². The summed E-state index contributed by atoms with van der Waals surface area (Å²) in [5.41, 5.74) is 2.04. The summed E-state index contributed by atoms with van der Waals surface area (Å²) in [7, 11) is 0. The van der Waals surface area contributed by atoms with Gasteiger partial charge in [-0.1, -0.05) is 30.3 Å². The average molecular weight is 419 g/mol. The van der Waals surface area contributed by atoms with Crippen LogP contribution in [0.5, 0.6) is 5.75 Å². The Morgan fingerprint density at radius 3 is 2.52 bits per heavy atom. The van der Waals surface area contributed by atoms with Crippen molar-refractivity contribution in [3.05, 3.63) is 84.4 Å². The average Bonchev–Trinajstić information content (AvgIpc) is 3.33. The number of piperidine rings is 1. The number of benzene rings is 2. The topological polar surface area (TPSA) is 59.4 Å². The van der Waals surface area contributed by atoms with E-state index in [9.17, 15) is 4.79 Å². The van der Waals surface area contributed by atoms with E-state index in [2.05, 4.69) is 45.5 Å². The van der Waals surface area contributed by atoms with Crippen LogP contribution in [0.1, 0.15) is 28.8 Å². The molecule has 31 heavy (non-hydrogen) atoms. The first kappa shape index (κ1) is 21.1. The first-order valence-electron chi connectivity index (χ1n) is 11.0. The van der Waals surface area contributed by atoms with Crippen molar-refractivity contribution >= 4 is 5.91 Å². The largest absolute Gasteiger partial charge is 0.490 e. The zero-order valence-electron chi connectivity index (χ0n) is 17.8. The lowest BCUT2D eigenvalue weighted by Gasteiger charge is -2.32. The summed E-state index contributed by atoms with van der Waals surface area (Å²) in [6.07, 6.45) is 8.75. The van der Waals surface area contributed by atoms with Crippen LogP contribution in [0.2, 0.25) is 0 Å². The SMILES string of the molecule is O=C(NCCn1ccnc1)c1ccc(OC2CCN(CCc3ccccc3)CC2)cc1. The number of amides is 1. The zero-order chi connectivity index (χ0) is 21.3. The van der Waals surface area contributed by atoms with E-state index in [1.165, 1.54) is 5.56 Å². The summed E-state index contributed by atoms with van der Waals surface area (Å²) in [5.74, 6) is 0.760. The summed E-state index contributed by atoms with van der Waals surface area (Å²) in [6.45, 7) is 4.50. The first-order valence-corrected chi connectivity index (χ1v) is 11.0. The molecular formula is C25H30N4O2. The van der Waals surface area contributed by atoms with E-state index in [0.29, 0.717) is 18.7 Å². The molecule has 2 aromatic carbocycles. The lowest BCUT2D eigenvalue weighted by atomic mass is 10.1. The van der Waals surface area contributed by atoms with Crippen LogP contribution in [0.15, 0.2) is 73.3 Å². The Balaban J connectivity index is 1.16. The minimum absolute atomic E-state index is 0.0709. The number of hydrogen-bond acceptors (Lipinski definition) is 4. The second-order valence-electron chi connectivity index (χ2n) is 7.98. The van der Waals surface area contributed by atoms with Crippen LogP contribution in [0.3, 0.4) is 0 Å². The van der Waals surface area contributed by atoms with Crippen LogP contribution in [0, 0.1) is 0 Å². The highest BCUT2D eigenvalue weighted by Crippen LogP contribution is 2.20. The molecule has 1 aliphatic rings. The normalized spacial score (nSPS) is 15.0. The van der Waals surface area contributed by atoms with Crippen LogP contribution in [-0.4, -0.2) is 52.6 Å². The molecule has 6 heteroatoms. The molecule has 162 valence electrons. The maximum atomic E-state index is 12.3. The quantitative estimate of drug-likeness (QED) is 0.579. The second kappa shape index (κ2) is 10.8. The number of ether oxygens (including phenoxy) is 1. The van der Waals surface area contributed by atoms with E-state index in [4.69, 9.17) is 4.74 Å².